The molecular weight excluding hydrogens is 494 g/mol. The van der Waals surface area contributed by atoms with E-state index in [0.29, 0.717) is 47.4 Å². The highest BCUT2D eigenvalue weighted by atomic mass is 16.5. The van der Waals surface area contributed by atoms with Crippen LogP contribution in [0.15, 0.2) is 85.1 Å². The second kappa shape index (κ2) is 12.5. The highest BCUT2D eigenvalue weighted by Crippen LogP contribution is 2.31. The molecule has 0 aliphatic carbocycles. The number of anilines is 1. The summed E-state index contributed by atoms with van der Waals surface area (Å²) in [6.45, 7) is 0.381. The molecule has 1 aliphatic heterocycles. The Labute approximate surface area is 225 Å². The Morgan fingerprint density at radius 2 is 1.79 bits per heavy atom. The van der Waals surface area contributed by atoms with Crippen LogP contribution in [0.3, 0.4) is 0 Å². The summed E-state index contributed by atoms with van der Waals surface area (Å²) in [5.41, 5.74) is 7.62. The van der Waals surface area contributed by atoms with Gasteiger partial charge in [0.1, 0.15) is 40.4 Å². The van der Waals surface area contributed by atoms with Crippen molar-refractivity contribution >= 4 is 17.5 Å². The first kappa shape index (κ1) is 26.4. The summed E-state index contributed by atoms with van der Waals surface area (Å²) in [6, 6.07) is 25.0. The van der Waals surface area contributed by atoms with Gasteiger partial charge in [-0.05, 0) is 54.5 Å². The van der Waals surface area contributed by atoms with Gasteiger partial charge in [0.2, 0.25) is 5.91 Å². The molecule has 0 bridgehead atoms. The molecule has 0 fully saturated rings. The van der Waals surface area contributed by atoms with Crippen molar-refractivity contribution in [3.63, 3.8) is 0 Å². The summed E-state index contributed by atoms with van der Waals surface area (Å²) < 4.78 is 11.1. The molecule has 1 aliphatic rings. The minimum absolute atomic E-state index is 0.0113. The van der Waals surface area contributed by atoms with E-state index in [-0.39, 0.29) is 11.6 Å². The fraction of sp³-hybridized carbons (Fsp3) is 0.100. The van der Waals surface area contributed by atoms with E-state index in [1.54, 1.807) is 36.2 Å². The van der Waals surface area contributed by atoms with Crippen LogP contribution in [0.4, 0.5) is 5.69 Å². The number of rotatable bonds is 3. The molecule has 0 saturated carbocycles. The van der Waals surface area contributed by atoms with Crippen molar-refractivity contribution in [1.82, 2.24) is 9.97 Å². The summed E-state index contributed by atoms with van der Waals surface area (Å²) in [5.74, 6) is 7.28. The molecule has 2 N–H and O–H groups in total. The van der Waals surface area contributed by atoms with Gasteiger partial charge in [0.25, 0.3) is 5.91 Å². The summed E-state index contributed by atoms with van der Waals surface area (Å²) >= 11 is 0. The third-order valence-corrected chi connectivity index (χ3v) is 5.43. The van der Waals surface area contributed by atoms with Gasteiger partial charge in [0, 0.05) is 24.9 Å². The molecule has 192 valence electrons. The number of nitrogens with two attached hydrogens (primary N) is 1. The van der Waals surface area contributed by atoms with Crippen molar-refractivity contribution in [2.75, 3.05) is 18.6 Å². The Morgan fingerprint density at radius 3 is 2.56 bits per heavy atom. The molecule has 0 atom stereocenters. The first-order valence-electron chi connectivity index (χ1n) is 11.8. The number of aromatic nitrogens is 2. The Kier molecular flexibility index (Phi) is 8.48. The first-order valence-corrected chi connectivity index (χ1v) is 11.8. The summed E-state index contributed by atoms with van der Waals surface area (Å²) in [6.07, 6.45) is 1.84. The van der Waals surface area contributed by atoms with Crippen molar-refractivity contribution < 1.29 is 19.1 Å². The van der Waals surface area contributed by atoms with Crippen LogP contribution in [-0.2, 0) is 4.79 Å². The maximum Gasteiger partial charge on any atom is 0.267 e. The van der Waals surface area contributed by atoms with Crippen molar-refractivity contribution in [1.29, 1.82) is 5.26 Å². The Morgan fingerprint density at radius 1 is 1.00 bits per heavy atom. The Bertz CT molecular complexity index is 1600. The average molecular weight is 518 g/mol. The normalized spacial score (nSPS) is 11.7. The van der Waals surface area contributed by atoms with E-state index in [9.17, 15) is 9.59 Å². The zero-order valence-electron chi connectivity index (χ0n) is 21.0. The number of fused-ring (bicyclic) bond motifs is 1. The number of primary amides is 1. The highest BCUT2D eigenvalue weighted by molar-refractivity contribution is 5.95. The van der Waals surface area contributed by atoms with Gasteiger partial charge in [-0.2, -0.15) is 5.26 Å². The van der Waals surface area contributed by atoms with Crippen LogP contribution < -0.4 is 20.1 Å². The second-order valence-corrected chi connectivity index (χ2v) is 8.16. The maximum absolute atomic E-state index is 11.9. The quantitative estimate of drug-likeness (QED) is 0.405. The van der Waals surface area contributed by atoms with Crippen LogP contribution in [0.2, 0.25) is 0 Å². The number of carbonyl (C=O) groups excluding carboxylic acids is 2. The zero-order chi connectivity index (χ0) is 27.6. The number of para-hydroxylation sites is 1. The predicted molar refractivity (Wildman–Crippen MR) is 144 cm³/mol. The van der Waals surface area contributed by atoms with Gasteiger partial charge in [0.15, 0.2) is 0 Å². The Balaban J connectivity index is 0.000000193. The van der Waals surface area contributed by atoms with E-state index in [1.165, 1.54) is 12.3 Å². The van der Waals surface area contributed by atoms with Gasteiger partial charge in [-0.25, -0.2) is 4.98 Å². The van der Waals surface area contributed by atoms with Crippen LogP contribution in [0.5, 0.6) is 17.2 Å². The van der Waals surface area contributed by atoms with E-state index >= 15 is 0 Å². The number of nitriles is 1. The molecule has 0 unspecified atom stereocenters. The van der Waals surface area contributed by atoms with Crippen LogP contribution in [0.1, 0.15) is 33.9 Å². The number of ether oxygens (including phenoxy) is 2. The van der Waals surface area contributed by atoms with Crippen molar-refractivity contribution in [2.45, 2.75) is 6.42 Å². The largest absolute Gasteiger partial charge is 0.491 e. The number of hydrogen-bond donors (Lipinski definition) is 1. The van der Waals surface area contributed by atoms with Gasteiger partial charge >= 0.3 is 0 Å². The van der Waals surface area contributed by atoms with Gasteiger partial charge in [-0.3, -0.25) is 14.6 Å². The lowest BCUT2D eigenvalue weighted by Crippen LogP contribution is -2.25. The SMILES string of the molecule is CN1C(=O)CCOc2ccc(C#Cc3cccc(C#N)n3)cc21.NC(=O)c1cc(Oc2ccccc2)ccn1. The van der Waals surface area contributed by atoms with Gasteiger partial charge in [-0.15, -0.1) is 0 Å². The number of nitrogens with zero attached hydrogens (tertiary/aromatic N) is 4. The van der Waals surface area contributed by atoms with Crippen LogP contribution in [-0.4, -0.2) is 35.4 Å². The van der Waals surface area contributed by atoms with E-state index in [1.807, 2.05) is 54.6 Å². The van der Waals surface area contributed by atoms with Crippen LogP contribution in [0, 0.1) is 23.2 Å². The molecule has 0 radical (unpaired) electrons. The molecule has 9 nitrogen and oxygen atoms in total. The fourth-order valence-electron chi connectivity index (χ4n) is 3.47. The summed E-state index contributed by atoms with van der Waals surface area (Å²) in [5, 5.41) is 8.85. The molecule has 4 aromatic rings. The molecule has 0 saturated heterocycles. The maximum atomic E-state index is 11.9. The van der Waals surface area contributed by atoms with E-state index in [2.05, 4.69) is 21.8 Å². The average Bonchev–Trinajstić information content (AvgIpc) is 3.10. The topological polar surface area (TPSA) is 131 Å². The van der Waals surface area contributed by atoms with Crippen molar-refractivity contribution in [3.8, 4) is 35.2 Å². The highest BCUT2D eigenvalue weighted by Gasteiger charge is 2.19. The fourth-order valence-corrected chi connectivity index (χ4v) is 3.47. The third kappa shape index (κ3) is 7.19. The molecule has 39 heavy (non-hydrogen) atoms. The molecule has 2 aromatic carbocycles. The van der Waals surface area contributed by atoms with Crippen LogP contribution in [0.25, 0.3) is 0 Å². The minimum Gasteiger partial charge on any atom is -0.491 e. The van der Waals surface area contributed by atoms with E-state index < -0.39 is 5.91 Å². The molecular formula is C30H23N5O4. The lowest BCUT2D eigenvalue weighted by Gasteiger charge is -2.16. The number of carbonyl (C=O) groups is 2. The summed E-state index contributed by atoms with van der Waals surface area (Å²) in [4.78, 5) is 32.3. The molecule has 5 rings (SSSR count). The molecule has 2 aromatic heterocycles. The number of hydrogen-bond acceptors (Lipinski definition) is 7. The van der Waals surface area contributed by atoms with Crippen LogP contribution >= 0.6 is 0 Å². The smallest absolute Gasteiger partial charge is 0.267 e. The van der Waals surface area contributed by atoms with E-state index in [0.717, 1.165) is 5.56 Å². The van der Waals surface area contributed by atoms with Crippen molar-refractivity contribution in [2.24, 2.45) is 5.73 Å². The number of amides is 2. The number of pyridine rings is 2. The molecule has 0 spiro atoms. The molecule has 2 amide bonds. The first-order chi connectivity index (χ1) is 18.9. The minimum atomic E-state index is -0.571. The number of benzene rings is 2. The molecule has 3 heterocycles. The van der Waals surface area contributed by atoms with Gasteiger partial charge in [0.05, 0.1) is 18.7 Å². The van der Waals surface area contributed by atoms with Crippen molar-refractivity contribution in [3.05, 3.63) is 108 Å². The second-order valence-electron chi connectivity index (χ2n) is 8.16. The van der Waals surface area contributed by atoms with E-state index in [4.69, 9.17) is 20.5 Å². The monoisotopic (exact) mass is 517 g/mol. The standard InChI is InChI=1S/C18H13N3O2.C12H10N2O2/c1-21-16-11-13(6-8-17(16)23-10-9-18(21)22)5-7-14-3-2-4-15(12-19)20-14;13-12(15)11-8-10(6-7-14-11)16-9-4-2-1-3-5-9/h2-4,6,8,11H,9-10H2,1H3;1-8H,(H2,13,15). The lowest BCUT2D eigenvalue weighted by atomic mass is 10.1. The Hall–Kier alpha value is -5.67. The summed E-state index contributed by atoms with van der Waals surface area (Å²) in [7, 11) is 1.73. The van der Waals surface area contributed by atoms with Gasteiger partial charge < -0.3 is 20.1 Å². The van der Waals surface area contributed by atoms with Gasteiger partial charge in [-0.1, -0.05) is 30.2 Å². The lowest BCUT2D eigenvalue weighted by molar-refractivity contribution is -0.118. The zero-order valence-corrected chi connectivity index (χ0v) is 21.0. The predicted octanol–water partition coefficient (Wildman–Crippen LogP) is 4.07. The third-order valence-electron chi connectivity index (χ3n) is 5.43. The molecule has 9 heteroatoms.